The maximum Gasteiger partial charge on any atom is 0.472 e. The van der Waals surface area contributed by atoms with E-state index >= 15 is 0 Å². The second kappa shape index (κ2) is 64.1. The summed E-state index contributed by atoms with van der Waals surface area (Å²) < 4.78 is 68.3. The summed E-state index contributed by atoms with van der Waals surface area (Å²) in [6, 6.07) is 0. The number of carbonyl (C=O) groups is 4. The van der Waals surface area contributed by atoms with E-state index in [4.69, 9.17) is 37.0 Å². The number of phosphoric acid groups is 2. The van der Waals surface area contributed by atoms with Crippen LogP contribution in [0.4, 0.5) is 0 Å². The van der Waals surface area contributed by atoms with Gasteiger partial charge >= 0.3 is 39.5 Å². The van der Waals surface area contributed by atoms with Gasteiger partial charge in [0.15, 0.2) is 12.2 Å². The lowest BCUT2D eigenvalue weighted by Gasteiger charge is -2.21. The van der Waals surface area contributed by atoms with Crippen molar-refractivity contribution >= 4 is 39.5 Å². The molecule has 0 heterocycles. The minimum absolute atomic E-state index is 0.106. The fourth-order valence-electron chi connectivity index (χ4n) is 10.9. The van der Waals surface area contributed by atoms with Crippen molar-refractivity contribution in [1.82, 2.24) is 0 Å². The van der Waals surface area contributed by atoms with Gasteiger partial charge in [-0.25, -0.2) is 9.13 Å². The highest BCUT2D eigenvalue weighted by molar-refractivity contribution is 7.47. The Labute approximate surface area is 556 Å². The predicted molar refractivity (Wildman–Crippen MR) is 368 cm³/mol. The largest absolute Gasteiger partial charge is 0.472 e. The van der Waals surface area contributed by atoms with Crippen LogP contribution in [-0.4, -0.2) is 96.7 Å². The number of rotatable bonds is 71. The number of aliphatic hydroxyl groups is 1. The minimum Gasteiger partial charge on any atom is -0.462 e. The van der Waals surface area contributed by atoms with Crippen LogP contribution in [0.2, 0.25) is 0 Å². The lowest BCUT2D eigenvalue weighted by atomic mass is 10.0. The summed E-state index contributed by atoms with van der Waals surface area (Å²) in [5, 5.41) is 10.6. The second-order valence-corrected chi connectivity index (χ2v) is 29.8. The van der Waals surface area contributed by atoms with E-state index in [1.165, 1.54) is 180 Å². The zero-order valence-electron chi connectivity index (χ0n) is 59.1. The topological polar surface area (TPSA) is 237 Å². The molecule has 0 fully saturated rings. The van der Waals surface area contributed by atoms with Crippen LogP contribution in [0.1, 0.15) is 369 Å². The number of esters is 4. The molecule has 19 heteroatoms. The Kier molecular flexibility index (Phi) is 62.7. The molecule has 0 saturated carbocycles. The first-order valence-corrected chi connectivity index (χ1v) is 40.5. The normalized spacial score (nSPS) is 14.1. The van der Waals surface area contributed by atoms with Crippen molar-refractivity contribution in [3.63, 3.8) is 0 Å². The summed E-state index contributed by atoms with van der Waals surface area (Å²) in [7, 11) is -9.90. The predicted octanol–water partition coefficient (Wildman–Crippen LogP) is 20.8. The number of ether oxygens (including phenoxy) is 4. The van der Waals surface area contributed by atoms with E-state index in [9.17, 15) is 43.2 Å². The van der Waals surface area contributed by atoms with E-state index in [2.05, 4.69) is 41.5 Å². The van der Waals surface area contributed by atoms with Crippen LogP contribution in [0, 0.1) is 11.8 Å². The van der Waals surface area contributed by atoms with Gasteiger partial charge in [-0.2, -0.15) is 0 Å². The molecule has 91 heavy (non-hydrogen) atoms. The van der Waals surface area contributed by atoms with Crippen molar-refractivity contribution in [2.75, 3.05) is 39.6 Å². The second-order valence-electron chi connectivity index (χ2n) is 26.9. The fourth-order valence-corrected chi connectivity index (χ4v) is 12.5. The number of hydrogen-bond donors (Lipinski definition) is 3. The molecule has 0 aliphatic heterocycles. The molecular weight excluding hydrogens is 1200 g/mol. The van der Waals surface area contributed by atoms with E-state index in [0.29, 0.717) is 25.7 Å². The zero-order chi connectivity index (χ0) is 67.2. The highest BCUT2D eigenvalue weighted by atomic mass is 31.2. The van der Waals surface area contributed by atoms with Gasteiger partial charge in [-0.05, 0) is 37.5 Å². The Hall–Kier alpha value is -1.94. The molecule has 3 N–H and O–H groups in total. The molecule has 0 aromatic heterocycles. The van der Waals surface area contributed by atoms with E-state index in [-0.39, 0.29) is 25.7 Å². The van der Waals surface area contributed by atoms with Crippen LogP contribution in [0.3, 0.4) is 0 Å². The van der Waals surface area contributed by atoms with Crippen molar-refractivity contribution in [3.8, 4) is 0 Å². The van der Waals surface area contributed by atoms with Crippen LogP contribution in [0.5, 0.6) is 0 Å². The number of phosphoric ester groups is 2. The van der Waals surface area contributed by atoms with Gasteiger partial charge in [0.05, 0.1) is 26.4 Å². The first-order valence-electron chi connectivity index (χ1n) is 37.5. The maximum absolute atomic E-state index is 13.0. The molecule has 0 aliphatic rings. The highest BCUT2D eigenvalue weighted by Crippen LogP contribution is 2.45. The number of carbonyl (C=O) groups excluding carboxylic acids is 4. The molecule has 0 rings (SSSR count). The summed E-state index contributed by atoms with van der Waals surface area (Å²) in [6.45, 7) is 9.55. The summed E-state index contributed by atoms with van der Waals surface area (Å²) in [5.41, 5.74) is 0. The Morgan fingerprint density at radius 3 is 0.747 bits per heavy atom. The maximum atomic E-state index is 13.0. The molecule has 0 radical (unpaired) electrons. The van der Waals surface area contributed by atoms with Crippen molar-refractivity contribution in [3.05, 3.63) is 0 Å². The zero-order valence-corrected chi connectivity index (χ0v) is 60.9. The molecule has 0 bridgehead atoms. The van der Waals surface area contributed by atoms with Crippen LogP contribution in [0.25, 0.3) is 0 Å². The van der Waals surface area contributed by atoms with Gasteiger partial charge in [0, 0.05) is 25.7 Å². The Balaban J connectivity index is 5.23. The van der Waals surface area contributed by atoms with Crippen molar-refractivity contribution in [1.29, 1.82) is 0 Å². The van der Waals surface area contributed by atoms with Crippen molar-refractivity contribution in [2.24, 2.45) is 11.8 Å². The van der Waals surface area contributed by atoms with Gasteiger partial charge in [0.2, 0.25) is 0 Å². The van der Waals surface area contributed by atoms with E-state index in [1.54, 1.807) is 0 Å². The Morgan fingerprint density at radius 2 is 0.505 bits per heavy atom. The van der Waals surface area contributed by atoms with Crippen LogP contribution in [0.15, 0.2) is 0 Å². The van der Waals surface area contributed by atoms with Gasteiger partial charge in [0.25, 0.3) is 0 Å². The SMILES string of the molecule is CCCCCCCCCCCCCCCCC(=O)OC[C@H](COP(=O)(O)OC[C@@H](O)COP(=O)(O)OC[C@@H](COC(=O)CCCCCCCCCC)OC(=O)CCCCCCCCCCCCC(C)C)OC(=O)CCCCCCCCCCCCCCCC(C)C. The molecule has 0 aliphatic carbocycles. The molecule has 0 spiro atoms. The summed E-state index contributed by atoms with van der Waals surface area (Å²) in [6.07, 6.45) is 49.9. The molecule has 17 nitrogen and oxygen atoms in total. The third-order valence-corrected chi connectivity index (χ3v) is 18.6. The third-order valence-electron chi connectivity index (χ3n) is 16.7. The first-order chi connectivity index (χ1) is 43.9. The lowest BCUT2D eigenvalue weighted by molar-refractivity contribution is -0.161. The monoisotopic (exact) mass is 1340 g/mol. The van der Waals surface area contributed by atoms with Gasteiger partial charge in [-0.15, -0.1) is 0 Å². The summed E-state index contributed by atoms with van der Waals surface area (Å²) >= 11 is 0. The van der Waals surface area contributed by atoms with Gasteiger partial charge in [0.1, 0.15) is 19.3 Å². The Bertz CT molecular complexity index is 1770. The minimum atomic E-state index is -4.95. The highest BCUT2D eigenvalue weighted by Gasteiger charge is 2.30. The first kappa shape index (κ1) is 89.1. The standard InChI is InChI=1S/C72H140O17P2/c1-7-9-11-13-15-17-18-19-22-25-31-37-43-49-55-70(75)83-61-68(89-71(76)56-50-44-38-32-26-23-20-21-24-29-34-40-46-52-64(3)4)63-87-91(80,81)85-59-66(73)58-84-90(78,79)86-62-67(60-82-69(74)54-48-42-36-16-14-12-10-8-2)88-72(77)57-51-45-39-33-28-27-30-35-41-47-53-65(5)6/h64-68,73H,7-63H2,1-6H3,(H,78,79)(H,80,81)/t66-,67+,68+/m0/s1. The van der Waals surface area contributed by atoms with Crippen molar-refractivity contribution < 1.29 is 80.2 Å². The summed E-state index contributed by atoms with van der Waals surface area (Å²) in [5.74, 6) is -0.583. The average molecular weight is 1340 g/mol. The van der Waals surface area contributed by atoms with Gasteiger partial charge < -0.3 is 33.8 Å². The lowest BCUT2D eigenvalue weighted by Crippen LogP contribution is -2.30. The average Bonchev–Trinajstić information content (AvgIpc) is 3.70. The van der Waals surface area contributed by atoms with Crippen LogP contribution in [-0.2, 0) is 65.4 Å². The molecule has 0 aromatic rings. The molecular formula is C72H140O17P2. The molecule has 0 saturated heterocycles. The van der Waals surface area contributed by atoms with Crippen LogP contribution < -0.4 is 0 Å². The molecule has 2 unspecified atom stereocenters. The van der Waals surface area contributed by atoms with E-state index in [1.807, 2.05) is 0 Å². The van der Waals surface area contributed by atoms with Gasteiger partial charge in [-0.1, -0.05) is 318 Å². The third kappa shape index (κ3) is 66.5. The molecule has 0 aromatic carbocycles. The number of hydrogen-bond acceptors (Lipinski definition) is 15. The number of aliphatic hydroxyl groups excluding tert-OH is 1. The molecule has 5 atom stereocenters. The Morgan fingerprint density at radius 1 is 0.297 bits per heavy atom. The number of unbranched alkanes of at least 4 members (excludes halogenated alkanes) is 41. The van der Waals surface area contributed by atoms with Crippen LogP contribution >= 0.6 is 15.6 Å². The van der Waals surface area contributed by atoms with E-state index in [0.717, 1.165) is 108 Å². The quantitative estimate of drug-likeness (QED) is 0.0222. The smallest absolute Gasteiger partial charge is 0.462 e. The summed E-state index contributed by atoms with van der Waals surface area (Å²) in [4.78, 5) is 72.6. The molecule has 540 valence electrons. The molecule has 0 amide bonds. The van der Waals surface area contributed by atoms with Crippen molar-refractivity contribution in [2.45, 2.75) is 387 Å². The van der Waals surface area contributed by atoms with Gasteiger partial charge in [-0.3, -0.25) is 37.3 Å². The fraction of sp³-hybridized carbons (Fsp3) is 0.944. The van der Waals surface area contributed by atoms with E-state index < -0.39 is 97.5 Å².